The van der Waals surface area contributed by atoms with Crippen LogP contribution >= 0.6 is 0 Å². The predicted molar refractivity (Wildman–Crippen MR) is 130 cm³/mol. The van der Waals surface area contributed by atoms with Crippen LogP contribution in [0.1, 0.15) is 22.8 Å². The minimum Gasteiger partial charge on any atom is -0.477 e. The van der Waals surface area contributed by atoms with Crippen molar-refractivity contribution in [1.29, 1.82) is 0 Å². The lowest BCUT2D eigenvalue weighted by atomic mass is 10.0. The molecule has 4 aromatic heterocycles. The van der Waals surface area contributed by atoms with Crippen molar-refractivity contribution in [2.75, 3.05) is 11.9 Å². The van der Waals surface area contributed by atoms with Crippen LogP contribution in [0.15, 0.2) is 73.2 Å². The van der Waals surface area contributed by atoms with Gasteiger partial charge in [-0.25, -0.2) is 23.9 Å². The van der Waals surface area contributed by atoms with Crippen LogP contribution in [0.4, 0.5) is 10.2 Å². The van der Waals surface area contributed by atoms with E-state index in [1.165, 1.54) is 6.07 Å². The number of aryl methyl sites for hydroxylation is 1. The van der Waals surface area contributed by atoms with Crippen molar-refractivity contribution in [3.8, 4) is 28.4 Å². The lowest BCUT2D eigenvalue weighted by molar-refractivity contribution is 0.102. The van der Waals surface area contributed by atoms with Gasteiger partial charge >= 0.3 is 0 Å². The Bertz CT molecular complexity index is 1550. The van der Waals surface area contributed by atoms with Crippen molar-refractivity contribution in [2.45, 2.75) is 13.8 Å². The second kappa shape index (κ2) is 9.30. The Balaban J connectivity index is 1.57. The van der Waals surface area contributed by atoms with E-state index in [0.717, 1.165) is 11.1 Å². The highest BCUT2D eigenvalue weighted by Gasteiger charge is 2.19. The zero-order chi connectivity index (χ0) is 24.4. The molecule has 5 aromatic rings. The quantitative estimate of drug-likeness (QED) is 0.379. The number of ether oxygens (including phenoxy) is 1. The largest absolute Gasteiger partial charge is 0.477 e. The van der Waals surface area contributed by atoms with Crippen LogP contribution in [-0.4, -0.2) is 37.1 Å². The molecule has 0 fully saturated rings. The number of rotatable bonds is 6. The van der Waals surface area contributed by atoms with E-state index in [0.29, 0.717) is 40.6 Å². The SMILES string of the molecule is CCOc1ncccc1C(=O)Nc1cc(-c2c(-c3ccc(F)c(C)c3)nc3cccnn23)ccn1. The van der Waals surface area contributed by atoms with Crippen molar-refractivity contribution in [3.05, 3.63) is 90.1 Å². The summed E-state index contributed by atoms with van der Waals surface area (Å²) in [5, 5.41) is 7.28. The van der Waals surface area contributed by atoms with Gasteiger partial charge in [-0.05, 0) is 74.0 Å². The molecule has 0 saturated heterocycles. The zero-order valence-corrected chi connectivity index (χ0v) is 19.1. The molecule has 0 aliphatic heterocycles. The molecule has 0 spiro atoms. The number of carbonyl (C=O) groups excluding carboxylic acids is 1. The number of hydrogen-bond acceptors (Lipinski definition) is 6. The second-order valence-corrected chi connectivity index (χ2v) is 7.74. The molecule has 9 heteroatoms. The van der Waals surface area contributed by atoms with Crippen LogP contribution < -0.4 is 10.1 Å². The topological polar surface area (TPSA) is 94.3 Å². The van der Waals surface area contributed by atoms with E-state index < -0.39 is 5.91 Å². The molecule has 0 saturated carbocycles. The molecule has 8 nitrogen and oxygen atoms in total. The summed E-state index contributed by atoms with van der Waals surface area (Å²) in [7, 11) is 0. The molecule has 174 valence electrons. The average molecular weight is 468 g/mol. The number of benzene rings is 1. The third-order valence-electron chi connectivity index (χ3n) is 5.40. The molecule has 1 aromatic carbocycles. The van der Waals surface area contributed by atoms with Crippen LogP contribution in [0.2, 0.25) is 0 Å². The van der Waals surface area contributed by atoms with Crippen LogP contribution in [0, 0.1) is 12.7 Å². The molecular formula is C26H21FN6O2. The summed E-state index contributed by atoms with van der Waals surface area (Å²) < 4.78 is 21.1. The number of carbonyl (C=O) groups is 1. The Hall–Kier alpha value is -4.66. The Morgan fingerprint density at radius 2 is 1.89 bits per heavy atom. The van der Waals surface area contributed by atoms with Crippen molar-refractivity contribution in [1.82, 2.24) is 24.6 Å². The van der Waals surface area contributed by atoms with Crippen LogP contribution in [-0.2, 0) is 0 Å². The van der Waals surface area contributed by atoms with Crippen molar-refractivity contribution < 1.29 is 13.9 Å². The zero-order valence-electron chi connectivity index (χ0n) is 19.1. The highest BCUT2D eigenvalue weighted by Crippen LogP contribution is 2.33. The Morgan fingerprint density at radius 3 is 2.71 bits per heavy atom. The maximum absolute atomic E-state index is 13.9. The van der Waals surface area contributed by atoms with Crippen molar-refractivity contribution >= 4 is 17.4 Å². The number of pyridine rings is 2. The van der Waals surface area contributed by atoms with Gasteiger partial charge in [-0.2, -0.15) is 5.10 Å². The molecule has 0 atom stereocenters. The molecule has 4 heterocycles. The first-order valence-electron chi connectivity index (χ1n) is 11.0. The van der Waals surface area contributed by atoms with E-state index in [1.807, 2.05) is 19.1 Å². The average Bonchev–Trinajstić information content (AvgIpc) is 3.26. The van der Waals surface area contributed by atoms with Gasteiger partial charge in [0.25, 0.3) is 5.91 Å². The van der Waals surface area contributed by atoms with E-state index in [1.54, 1.807) is 66.4 Å². The Kier molecular flexibility index (Phi) is 5.88. The number of nitrogens with one attached hydrogen (secondary N) is 1. The van der Waals surface area contributed by atoms with E-state index >= 15 is 0 Å². The molecule has 1 amide bonds. The number of imidazole rings is 1. The monoisotopic (exact) mass is 468 g/mol. The maximum Gasteiger partial charge on any atom is 0.262 e. The number of amides is 1. The van der Waals surface area contributed by atoms with Crippen molar-refractivity contribution in [2.24, 2.45) is 0 Å². The highest BCUT2D eigenvalue weighted by atomic mass is 19.1. The van der Waals surface area contributed by atoms with Gasteiger partial charge in [0.05, 0.1) is 12.3 Å². The summed E-state index contributed by atoms with van der Waals surface area (Å²) in [6, 6.07) is 15.4. The molecular weight excluding hydrogens is 447 g/mol. The molecule has 5 rings (SSSR count). The highest BCUT2D eigenvalue weighted by molar-refractivity contribution is 6.05. The summed E-state index contributed by atoms with van der Waals surface area (Å²) in [4.78, 5) is 26.1. The van der Waals surface area contributed by atoms with E-state index in [9.17, 15) is 9.18 Å². The van der Waals surface area contributed by atoms with Gasteiger partial charge in [-0.15, -0.1) is 0 Å². The summed E-state index contributed by atoms with van der Waals surface area (Å²) >= 11 is 0. The van der Waals surface area contributed by atoms with Gasteiger partial charge in [0.1, 0.15) is 22.9 Å². The minimum absolute atomic E-state index is 0.253. The fraction of sp³-hybridized carbons (Fsp3) is 0.115. The smallest absolute Gasteiger partial charge is 0.262 e. The first-order valence-corrected chi connectivity index (χ1v) is 11.0. The number of halogens is 1. The molecule has 1 N–H and O–H groups in total. The first kappa shape index (κ1) is 22.1. The number of nitrogens with zero attached hydrogens (tertiary/aromatic N) is 5. The normalized spacial score (nSPS) is 10.9. The first-order chi connectivity index (χ1) is 17.0. The standard InChI is InChI=1S/C26H21FN6O2/c1-3-35-26-19(6-4-11-29-26)25(34)31-21-15-18(10-13-28-21)24-23(17-8-9-20(27)16(2)14-17)32-22-7-5-12-30-33(22)24/h4-15H,3H2,1-2H3,(H,28,31,34). The summed E-state index contributed by atoms with van der Waals surface area (Å²) in [6.45, 7) is 3.92. The second-order valence-electron chi connectivity index (χ2n) is 7.74. The molecule has 0 radical (unpaired) electrons. The third-order valence-corrected chi connectivity index (χ3v) is 5.40. The van der Waals surface area contributed by atoms with Gasteiger partial charge < -0.3 is 10.1 Å². The molecule has 0 unspecified atom stereocenters. The fourth-order valence-corrected chi connectivity index (χ4v) is 3.79. The minimum atomic E-state index is -0.392. The van der Waals surface area contributed by atoms with Crippen molar-refractivity contribution in [3.63, 3.8) is 0 Å². The fourth-order valence-electron chi connectivity index (χ4n) is 3.79. The lowest BCUT2D eigenvalue weighted by Crippen LogP contribution is -2.15. The van der Waals surface area contributed by atoms with E-state index in [-0.39, 0.29) is 11.7 Å². The van der Waals surface area contributed by atoms with Gasteiger partial charge in [0.15, 0.2) is 5.65 Å². The van der Waals surface area contributed by atoms with Gasteiger partial charge in [0, 0.05) is 29.7 Å². The number of fused-ring (bicyclic) bond motifs is 1. The molecule has 0 bridgehead atoms. The van der Waals surface area contributed by atoms with E-state index in [2.05, 4.69) is 20.4 Å². The Labute approximate surface area is 200 Å². The maximum atomic E-state index is 13.9. The molecule has 35 heavy (non-hydrogen) atoms. The number of aromatic nitrogens is 5. The summed E-state index contributed by atoms with van der Waals surface area (Å²) in [6.07, 6.45) is 4.83. The van der Waals surface area contributed by atoms with Gasteiger partial charge in [0.2, 0.25) is 5.88 Å². The molecule has 0 aliphatic carbocycles. The van der Waals surface area contributed by atoms with Gasteiger partial charge in [-0.3, -0.25) is 4.79 Å². The molecule has 0 aliphatic rings. The summed E-state index contributed by atoms with van der Waals surface area (Å²) in [5.74, 6) is -0.0840. The number of anilines is 1. The van der Waals surface area contributed by atoms with E-state index in [4.69, 9.17) is 9.72 Å². The third kappa shape index (κ3) is 4.31. The summed E-state index contributed by atoms with van der Waals surface area (Å²) in [5.41, 5.74) is 4.28. The predicted octanol–water partition coefficient (Wildman–Crippen LogP) is 4.95. The van der Waals surface area contributed by atoms with Crippen LogP contribution in [0.25, 0.3) is 28.2 Å². The Morgan fingerprint density at radius 1 is 1.03 bits per heavy atom. The lowest BCUT2D eigenvalue weighted by Gasteiger charge is -2.10. The number of hydrogen-bond donors (Lipinski definition) is 1. The van der Waals surface area contributed by atoms with Gasteiger partial charge in [-0.1, -0.05) is 0 Å². The van der Waals surface area contributed by atoms with Crippen LogP contribution in [0.5, 0.6) is 5.88 Å². The van der Waals surface area contributed by atoms with Crippen LogP contribution in [0.3, 0.4) is 0 Å².